The summed E-state index contributed by atoms with van der Waals surface area (Å²) in [5, 5.41) is 6.87. The minimum Gasteiger partial charge on any atom is -0.308 e. The Morgan fingerprint density at radius 2 is 1.86 bits per heavy atom. The average molecular weight is 386 g/mol. The van der Waals surface area contributed by atoms with Gasteiger partial charge in [-0.1, -0.05) is 13.8 Å². The molecule has 0 saturated heterocycles. The maximum atomic E-state index is 14.3. The lowest BCUT2D eigenvalue weighted by Gasteiger charge is -2.19. The highest BCUT2D eigenvalue weighted by atomic mass is 19.2. The van der Waals surface area contributed by atoms with Crippen LogP contribution in [-0.2, 0) is 10.2 Å². The van der Waals surface area contributed by atoms with Gasteiger partial charge in [0.25, 0.3) is 0 Å². The number of hydrogen-bond acceptors (Lipinski definition) is 3. The largest absolute Gasteiger partial charge is 0.308 e. The van der Waals surface area contributed by atoms with Crippen molar-refractivity contribution >= 4 is 11.7 Å². The van der Waals surface area contributed by atoms with Gasteiger partial charge >= 0.3 is 0 Å². The molecule has 2 heterocycles. The molecule has 3 aromatic rings. The van der Waals surface area contributed by atoms with Crippen LogP contribution in [0.15, 0.2) is 48.8 Å². The van der Waals surface area contributed by atoms with Crippen LogP contribution in [0.1, 0.15) is 26.0 Å². The van der Waals surface area contributed by atoms with Crippen LogP contribution in [0.3, 0.4) is 0 Å². The van der Waals surface area contributed by atoms with Gasteiger partial charge in [-0.15, -0.1) is 0 Å². The zero-order valence-corrected chi connectivity index (χ0v) is 15.2. The normalized spacial score (nSPS) is 20.0. The van der Waals surface area contributed by atoms with Crippen LogP contribution in [0.4, 0.5) is 19.0 Å². The standard InChI is InChI=1S/C20H17F3N4O/c1-19(2)11-20(19,17-14(22)4-3-8-24-17)18(28)25-16-7-9-27(26-16)12-5-6-13(21)15(23)10-12/h3-10H,11H2,1-2H3,(H,25,26,28). The zero-order valence-electron chi connectivity index (χ0n) is 15.2. The van der Waals surface area contributed by atoms with Crippen LogP contribution in [0, 0.1) is 22.9 Å². The summed E-state index contributed by atoms with van der Waals surface area (Å²) in [6, 6.07) is 7.65. The Balaban J connectivity index is 1.61. The first-order valence-corrected chi connectivity index (χ1v) is 8.68. The number of amides is 1. The Hall–Kier alpha value is -3.16. The highest BCUT2D eigenvalue weighted by Crippen LogP contribution is 2.64. The Morgan fingerprint density at radius 1 is 1.11 bits per heavy atom. The van der Waals surface area contributed by atoms with Crippen molar-refractivity contribution in [3.63, 3.8) is 0 Å². The number of nitrogens with one attached hydrogen (secondary N) is 1. The second kappa shape index (κ2) is 6.19. The van der Waals surface area contributed by atoms with Crippen molar-refractivity contribution in [2.45, 2.75) is 25.7 Å². The number of nitrogens with zero attached hydrogens (tertiary/aromatic N) is 3. The summed E-state index contributed by atoms with van der Waals surface area (Å²) in [5.74, 6) is -2.68. The average Bonchev–Trinajstić information content (AvgIpc) is 2.99. The van der Waals surface area contributed by atoms with E-state index >= 15 is 0 Å². The van der Waals surface area contributed by atoms with Gasteiger partial charge in [-0.25, -0.2) is 17.9 Å². The SMILES string of the molecule is CC1(C)CC1(C(=O)Nc1ccn(-c2ccc(F)c(F)c2)n1)c1ncccc1F. The van der Waals surface area contributed by atoms with Gasteiger partial charge in [-0.3, -0.25) is 9.78 Å². The Morgan fingerprint density at radius 3 is 2.50 bits per heavy atom. The van der Waals surface area contributed by atoms with Gasteiger partial charge in [0.1, 0.15) is 11.2 Å². The molecule has 0 bridgehead atoms. The molecule has 5 nitrogen and oxygen atoms in total. The van der Waals surface area contributed by atoms with Gasteiger partial charge in [-0.2, -0.15) is 5.10 Å². The minimum absolute atomic E-state index is 0.109. The first kappa shape index (κ1) is 18.2. The molecule has 4 rings (SSSR count). The molecule has 144 valence electrons. The molecule has 1 fully saturated rings. The van der Waals surface area contributed by atoms with E-state index in [1.807, 2.05) is 13.8 Å². The van der Waals surface area contributed by atoms with Crippen molar-refractivity contribution in [1.82, 2.24) is 14.8 Å². The summed E-state index contributed by atoms with van der Waals surface area (Å²) in [4.78, 5) is 17.1. The fraction of sp³-hybridized carbons (Fsp3) is 0.250. The number of rotatable bonds is 4. The molecule has 28 heavy (non-hydrogen) atoms. The van der Waals surface area contributed by atoms with Crippen molar-refractivity contribution in [3.8, 4) is 5.69 Å². The summed E-state index contributed by atoms with van der Waals surface area (Å²) >= 11 is 0. The number of benzene rings is 1. The molecule has 1 aliphatic carbocycles. The van der Waals surface area contributed by atoms with Gasteiger partial charge in [0.15, 0.2) is 17.5 Å². The van der Waals surface area contributed by atoms with Crippen LogP contribution in [0.25, 0.3) is 5.69 Å². The number of halogens is 3. The second-order valence-electron chi connectivity index (χ2n) is 7.50. The molecule has 1 atom stereocenters. The number of carbonyl (C=O) groups excluding carboxylic acids is 1. The monoisotopic (exact) mass is 386 g/mol. The molecule has 0 spiro atoms. The summed E-state index contributed by atoms with van der Waals surface area (Å²) in [7, 11) is 0. The molecule has 1 aliphatic rings. The number of hydrogen-bond donors (Lipinski definition) is 1. The van der Waals surface area contributed by atoms with Gasteiger partial charge in [0.05, 0.1) is 11.4 Å². The molecule has 1 amide bonds. The molecule has 1 aromatic carbocycles. The summed E-state index contributed by atoms with van der Waals surface area (Å²) in [6.45, 7) is 3.75. The van der Waals surface area contributed by atoms with Crippen LogP contribution >= 0.6 is 0 Å². The molecule has 1 saturated carbocycles. The topological polar surface area (TPSA) is 59.8 Å². The lowest BCUT2D eigenvalue weighted by Crippen LogP contribution is -2.34. The number of aromatic nitrogens is 3. The van der Waals surface area contributed by atoms with E-state index in [9.17, 15) is 18.0 Å². The Kier molecular flexibility index (Phi) is 4.02. The van der Waals surface area contributed by atoms with Crippen molar-refractivity contribution in [2.24, 2.45) is 5.41 Å². The Labute approximate surface area is 159 Å². The number of anilines is 1. The van der Waals surface area contributed by atoms with E-state index in [-0.39, 0.29) is 11.5 Å². The van der Waals surface area contributed by atoms with Gasteiger partial charge in [0.2, 0.25) is 5.91 Å². The molecule has 0 aliphatic heterocycles. The molecule has 1 N–H and O–H groups in total. The third-order valence-electron chi connectivity index (χ3n) is 5.29. The third-order valence-corrected chi connectivity index (χ3v) is 5.29. The van der Waals surface area contributed by atoms with Crippen LogP contribution < -0.4 is 5.32 Å². The van der Waals surface area contributed by atoms with E-state index < -0.39 is 34.2 Å². The van der Waals surface area contributed by atoms with E-state index in [2.05, 4.69) is 15.4 Å². The fourth-order valence-electron chi connectivity index (χ4n) is 3.60. The zero-order chi connectivity index (χ0) is 20.1. The predicted molar refractivity (Wildman–Crippen MR) is 96.4 cm³/mol. The van der Waals surface area contributed by atoms with Crippen LogP contribution in [0.2, 0.25) is 0 Å². The van der Waals surface area contributed by atoms with Gasteiger partial charge in [-0.05, 0) is 36.1 Å². The summed E-state index contributed by atoms with van der Waals surface area (Å²) < 4.78 is 42.2. The van der Waals surface area contributed by atoms with Crippen molar-refractivity contribution in [3.05, 3.63) is 71.9 Å². The highest BCUT2D eigenvalue weighted by Gasteiger charge is 2.69. The van der Waals surface area contributed by atoms with Gasteiger partial charge in [0, 0.05) is 24.5 Å². The van der Waals surface area contributed by atoms with Crippen LogP contribution in [0.5, 0.6) is 0 Å². The first-order valence-electron chi connectivity index (χ1n) is 8.68. The van der Waals surface area contributed by atoms with Gasteiger partial charge < -0.3 is 5.32 Å². The maximum Gasteiger partial charge on any atom is 0.238 e. The van der Waals surface area contributed by atoms with Crippen molar-refractivity contribution in [2.75, 3.05) is 5.32 Å². The quantitative estimate of drug-likeness (QED) is 0.738. The summed E-state index contributed by atoms with van der Waals surface area (Å²) in [6.07, 6.45) is 3.41. The van der Waals surface area contributed by atoms with Crippen LogP contribution in [-0.4, -0.2) is 20.7 Å². The third kappa shape index (κ3) is 2.76. The first-order chi connectivity index (χ1) is 13.2. The van der Waals surface area contributed by atoms with Crippen molar-refractivity contribution < 1.29 is 18.0 Å². The van der Waals surface area contributed by atoms with E-state index in [1.165, 1.54) is 41.3 Å². The highest BCUT2D eigenvalue weighted by molar-refractivity contribution is 6.01. The minimum atomic E-state index is -1.09. The molecule has 8 heteroatoms. The predicted octanol–water partition coefficient (Wildman–Crippen LogP) is 3.99. The van der Waals surface area contributed by atoms with E-state index in [0.717, 1.165) is 12.1 Å². The van der Waals surface area contributed by atoms with E-state index in [0.29, 0.717) is 12.1 Å². The van der Waals surface area contributed by atoms with E-state index in [1.54, 1.807) is 0 Å². The number of carbonyl (C=O) groups is 1. The molecular weight excluding hydrogens is 369 g/mol. The lowest BCUT2D eigenvalue weighted by molar-refractivity contribution is -0.119. The molecule has 0 radical (unpaired) electrons. The number of pyridine rings is 1. The fourth-order valence-corrected chi connectivity index (χ4v) is 3.60. The smallest absolute Gasteiger partial charge is 0.238 e. The molecule has 1 unspecified atom stereocenters. The Bertz CT molecular complexity index is 1080. The van der Waals surface area contributed by atoms with E-state index in [4.69, 9.17) is 0 Å². The summed E-state index contributed by atoms with van der Waals surface area (Å²) in [5.41, 5.74) is -1.15. The lowest BCUT2D eigenvalue weighted by atomic mass is 9.90. The maximum absolute atomic E-state index is 14.3. The second-order valence-corrected chi connectivity index (χ2v) is 7.50. The molecule has 2 aromatic heterocycles. The van der Waals surface area contributed by atoms with Crippen molar-refractivity contribution in [1.29, 1.82) is 0 Å². The molecular formula is C20H17F3N4O.